The van der Waals surface area contributed by atoms with Gasteiger partial charge in [0.25, 0.3) is 5.91 Å². The summed E-state index contributed by atoms with van der Waals surface area (Å²) in [5, 5.41) is 15.1. The van der Waals surface area contributed by atoms with E-state index in [0.717, 1.165) is 23.5 Å². The third kappa shape index (κ3) is 4.85. The molecule has 3 rings (SSSR count). The number of ether oxygens (including phenoxy) is 1. The molecule has 0 spiro atoms. The number of hydrogen-bond donors (Lipinski definition) is 0. The first kappa shape index (κ1) is 18.9. The lowest BCUT2D eigenvalue weighted by molar-refractivity contribution is -0.389. The third-order valence-electron chi connectivity index (χ3n) is 4.00. The Morgan fingerprint density at radius 3 is 2.81 bits per heavy atom. The molecule has 0 radical (unpaired) electrons. The van der Waals surface area contributed by atoms with E-state index in [0.29, 0.717) is 18.3 Å². The summed E-state index contributed by atoms with van der Waals surface area (Å²) in [6, 6.07) is 9.08. The summed E-state index contributed by atoms with van der Waals surface area (Å²) >= 11 is 1.54. The van der Waals surface area contributed by atoms with Crippen molar-refractivity contribution in [2.45, 2.75) is 13.0 Å². The molecular weight excluding hydrogens is 370 g/mol. The Kier molecular flexibility index (Phi) is 6.07. The Labute approximate surface area is 160 Å². The van der Waals surface area contributed by atoms with Crippen LogP contribution in [-0.2, 0) is 17.8 Å². The summed E-state index contributed by atoms with van der Waals surface area (Å²) in [6.45, 7) is 1.10. The van der Waals surface area contributed by atoms with Crippen LogP contribution in [0, 0.1) is 10.1 Å². The van der Waals surface area contributed by atoms with Gasteiger partial charge in [-0.15, -0.1) is 0 Å². The molecule has 0 saturated carbocycles. The number of hydrogen-bond acceptors (Lipinski definition) is 7. The zero-order valence-corrected chi connectivity index (χ0v) is 15.6. The molecular formula is C17H19N5O4S. The molecule has 0 bridgehead atoms. The lowest BCUT2D eigenvalue weighted by atomic mass is 10.1. The molecule has 1 saturated heterocycles. The highest BCUT2D eigenvalue weighted by Crippen LogP contribution is 2.19. The molecule has 1 amide bonds. The minimum absolute atomic E-state index is 0.0497. The van der Waals surface area contributed by atoms with Crippen LogP contribution in [0.1, 0.15) is 5.56 Å². The Balaban J connectivity index is 1.57. The van der Waals surface area contributed by atoms with Gasteiger partial charge in [0.15, 0.2) is 5.17 Å². The highest BCUT2D eigenvalue weighted by molar-refractivity contribution is 8.14. The van der Waals surface area contributed by atoms with Crippen LogP contribution in [0.4, 0.5) is 5.82 Å². The topological polar surface area (TPSA) is 103 Å². The second-order valence-corrected chi connectivity index (χ2v) is 6.85. The minimum Gasteiger partial charge on any atom is -0.497 e. The molecule has 2 aromatic rings. The Bertz CT molecular complexity index is 849. The maximum Gasteiger partial charge on any atom is 0.389 e. The summed E-state index contributed by atoms with van der Waals surface area (Å²) in [6.07, 6.45) is 2.20. The SMILES string of the molecule is COc1ccc(CCN=C2SCCN2C(=O)Cn2ccc([N+](=O)[O-])n2)cc1. The number of thioether (sulfide) groups is 1. The van der Waals surface area contributed by atoms with E-state index in [-0.39, 0.29) is 18.3 Å². The first-order valence-corrected chi connectivity index (χ1v) is 9.34. The maximum absolute atomic E-state index is 12.5. The van der Waals surface area contributed by atoms with Gasteiger partial charge in [-0.2, -0.15) is 4.68 Å². The molecule has 1 fully saturated rings. The predicted molar refractivity (Wildman–Crippen MR) is 102 cm³/mol. The largest absolute Gasteiger partial charge is 0.497 e. The van der Waals surface area contributed by atoms with Gasteiger partial charge in [0.05, 0.1) is 24.5 Å². The Hall–Kier alpha value is -2.88. The predicted octanol–water partition coefficient (Wildman–Crippen LogP) is 1.97. The number of carbonyl (C=O) groups is 1. The number of aromatic nitrogens is 2. The van der Waals surface area contributed by atoms with Crippen LogP contribution in [0.25, 0.3) is 0 Å². The summed E-state index contributed by atoms with van der Waals surface area (Å²) in [5.41, 5.74) is 1.14. The van der Waals surface area contributed by atoms with Crippen molar-refractivity contribution < 1.29 is 14.5 Å². The molecule has 10 heteroatoms. The summed E-state index contributed by atoms with van der Waals surface area (Å²) in [7, 11) is 1.63. The van der Waals surface area contributed by atoms with Gasteiger partial charge >= 0.3 is 5.82 Å². The van der Waals surface area contributed by atoms with E-state index in [1.54, 1.807) is 12.0 Å². The van der Waals surface area contributed by atoms with E-state index in [1.807, 2.05) is 24.3 Å². The molecule has 1 aromatic heterocycles. The number of nitro groups is 1. The van der Waals surface area contributed by atoms with Crippen LogP contribution in [0.5, 0.6) is 5.75 Å². The number of methoxy groups -OCH3 is 1. The molecule has 2 heterocycles. The second kappa shape index (κ2) is 8.67. The summed E-state index contributed by atoms with van der Waals surface area (Å²) in [4.78, 5) is 28.8. The van der Waals surface area contributed by atoms with Crippen LogP contribution in [0.2, 0.25) is 0 Å². The van der Waals surface area contributed by atoms with E-state index >= 15 is 0 Å². The van der Waals surface area contributed by atoms with Gasteiger partial charge in [-0.25, -0.2) is 0 Å². The van der Waals surface area contributed by atoms with Gasteiger partial charge in [0, 0.05) is 18.8 Å². The van der Waals surface area contributed by atoms with Crippen LogP contribution >= 0.6 is 11.8 Å². The first-order chi connectivity index (χ1) is 13.1. The van der Waals surface area contributed by atoms with Crippen molar-refractivity contribution in [3.8, 4) is 5.75 Å². The van der Waals surface area contributed by atoms with Crippen LogP contribution in [0.15, 0.2) is 41.5 Å². The highest BCUT2D eigenvalue weighted by Gasteiger charge is 2.26. The lowest BCUT2D eigenvalue weighted by Gasteiger charge is -2.15. The van der Waals surface area contributed by atoms with Gasteiger partial charge in [0.2, 0.25) is 0 Å². The van der Waals surface area contributed by atoms with Gasteiger partial charge in [-0.1, -0.05) is 23.9 Å². The first-order valence-electron chi connectivity index (χ1n) is 8.35. The fourth-order valence-electron chi connectivity index (χ4n) is 2.60. The maximum atomic E-state index is 12.5. The number of carbonyl (C=O) groups excluding carboxylic acids is 1. The van der Waals surface area contributed by atoms with E-state index in [1.165, 1.54) is 28.7 Å². The standard InChI is InChI=1S/C17H19N5O4S/c1-26-14-4-2-13(3-5-14)6-8-18-17-21(10-11-27-17)16(23)12-20-9-7-15(19-20)22(24)25/h2-5,7,9H,6,8,10-12H2,1H3. The van der Waals surface area contributed by atoms with Crippen molar-refractivity contribution in [3.63, 3.8) is 0 Å². The van der Waals surface area contributed by atoms with Crippen LogP contribution < -0.4 is 4.74 Å². The molecule has 1 aromatic carbocycles. The number of rotatable bonds is 7. The fraction of sp³-hybridized carbons (Fsp3) is 0.353. The van der Waals surface area contributed by atoms with E-state index in [9.17, 15) is 14.9 Å². The molecule has 0 aliphatic carbocycles. The second-order valence-electron chi connectivity index (χ2n) is 5.78. The van der Waals surface area contributed by atoms with Crippen molar-refractivity contribution in [3.05, 3.63) is 52.2 Å². The van der Waals surface area contributed by atoms with Gasteiger partial charge < -0.3 is 14.9 Å². The van der Waals surface area contributed by atoms with E-state index in [2.05, 4.69) is 10.1 Å². The van der Waals surface area contributed by atoms with Crippen molar-refractivity contribution >= 4 is 28.7 Å². The third-order valence-corrected chi connectivity index (χ3v) is 4.99. The number of amides is 1. The Morgan fingerprint density at radius 2 is 2.15 bits per heavy atom. The Morgan fingerprint density at radius 1 is 1.37 bits per heavy atom. The van der Waals surface area contributed by atoms with Crippen LogP contribution in [-0.4, -0.2) is 56.6 Å². The molecule has 142 valence electrons. The molecule has 0 unspecified atom stereocenters. The number of nitrogens with zero attached hydrogens (tertiary/aromatic N) is 5. The number of aliphatic imine (C=N–C) groups is 1. The van der Waals surface area contributed by atoms with Crippen molar-refractivity contribution in [2.24, 2.45) is 4.99 Å². The van der Waals surface area contributed by atoms with Gasteiger partial charge in [-0.3, -0.25) is 14.7 Å². The smallest absolute Gasteiger partial charge is 0.389 e. The fourth-order valence-corrected chi connectivity index (χ4v) is 3.59. The lowest BCUT2D eigenvalue weighted by Crippen LogP contribution is -2.34. The zero-order valence-electron chi connectivity index (χ0n) is 14.8. The average molecular weight is 389 g/mol. The van der Waals surface area contributed by atoms with Gasteiger partial charge in [-0.05, 0) is 29.0 Å². The molecule has 9 nitrogen and oxygen atoms in total. The zero-order chi connectivity index (χ0) is 19.2. The highest BCUT2D eigenvalue weighted by atomic mass is 32.2. The molecule has 1 aliphatic rings. The van der Waals surface area contributed by atoms with Gasteiger partial charge in [0.1, 0.15) is 12.3 Å². The van der Waals surface area contributed by atoms with E-state index in [4.69, 9.17) is 4.74 Å². The van der Waals surface area contributed by atoms with Crippen molar-refractivity contribution in [1.82, 2.24) is 14.7 Å². The molecule has 27 heavy (non-hydrogen) atoms. The molecule has 0 N–H and O–H groups in total. The van der Waals surface area contributed by atoms with Crippen molar-refractivity contribution in [2.75, 3.05) is 26.0 Å². The van der Waals surface area contributed by atoms with Crippen LogP contribution in [0.3, 0.4) is 0 Å². The van der Waals surface area contributed by atoms with Crippen molar-refractivity contribution in [1.29, 1.82) is 0 Å². The quantitative estimate of drug-likeness (QED) is 0.530. The van der Waals surface area contributed by atoms with E-state index < -0.39 is 4.92 Å². The number of amidine groups is 1. The molecule has 1 aliphatic heterocycles. The monoisotopic (exact) mass is 389 g/mol. The average Bonchev–Trinajstić information content (AvgIpc) is 3.32. The summed E-state index contributed by atoms with van der Waals surface area (Å²) in [5.74, 6) is 1.15. The normalized spacial score (nSPS) is 15.3. The molecule has 0 atom stereocenters. The summed E-state index contributed by atoms with van der Waals surface area (Å²) < 4.78 is 6.42. The minimum atomic E-state index is -0.585. The number of benzene rings is 1.